The number of H-pyrrole nitrogens is 1. The summed E-state index contributed by atoms with van der Waals surface area (Å²) in [5.74, 6) is -7.62. The van der Waals surface area contributed by atoms with Gasteiger partial charge in [0.05, 0.1) is 0 Å². The molecule has 0 radical (unpaired) electrons. The number of nitrogens with two attached hydrogens (primary N) is 1. The minimum absolute atomic E-state index is 0.0338. The standard InChI is InChI=1S/C11H17N3O.3C2HF3O2/c12-8-9-2-5-14(6-3-9)10-1-4-13-11(15)7-10;3*3-2(4,5)1(6)7/h1,4,7,9H,2-3,5-6,8,12H2,(H,13,15);3*(H,6,7). The third-order valence-electron chi connectivity index (χ3n) is 3.80. The summed E-state index contributed by atoms with van der Waals surface area (Å²) in [7, 11) is 0. The number of aromatic amines is 1. The molecule has 36 heavy (non-hydrogen) atoms. The summed E-state index contributed by atoms with van der Waals surface area (Å²) < 4.78 is 95.2. The topological polar surface area (TPSA) is 174 Å². The maximum Gasteiger partial charge on any atom is 0.490 e. The van der Waals surface area contributed by atoms with Crippen LogP contribution in [0.3, 0.4) is 0 Å². The van der Waals surface area contributed by atoms with Gasteiger partial charge in [0, 0.05) is 31.0 Å². The summed E-state index contributed by atoms with van der Waals surface area (Å²) in [6.45, 7) is 2.79. The Morgan fingerprint density at radius 1 is 0.861 bits per heavy atom. The van der Waals surface area contributed by atoms with E-state index < -0.39 is 36.4 Å². The summed E-state index contributed by atoms with van der Waals surface area (Å²) in [6.07, 6.45) is -11.3. The van der Waals surface area contributed by atoms with Crippen LogP contribution in [0.1, 0.15) is 12.8 Å². The van der Waals surface area contributed by atoms with E-state index in [-0.39, 0.29) is 5.56 Å². The van der Waals surface area contributed by atoms with Crippen molar-refractivity contribution < 1.29 is 69.2 Å². The second-order valence-corrected chi connectivity index (χ2v) is 6.49. The Balaban J connectivity index is 0. The number of carboxylic acid groups (broad SMARTS) is 3. The van der Waals surface area contributed by atoms with Crippen LogP contribution in [0.15, 0.2) is 23.1 Å². The molecule has 0 amide bonds. The predicted molar refractivity (Wildman–Crippen MR) is 102 cm³/mol. The van der Waals surface area contributed by atoms with Gasteiger partial charge in [-0.2, -0.15) is 39.5 Å². The molecule has 208 valence electrons. The number of nitrogens with one attached hydrogen (secondary N) is 1. The lowest BCUT2D eigenvalue weighted by Gasteiger charge is -2.32. The first-order chi connectivity index (χ1) is 16.1. The van der Waals surface area contributed by atoms with Crippen LogP contribution in [0.5, 0.6) is 0 Å². The van der Waals surface area contributed by atoms with E-state index in [2.05, 4.69) is 9.88 Å². The normalized spacial score (nSPS) is 14.1. The van der Waals surface area contributed by atoms with Crippen molar-refractivity contribution in [3.63, 3.8) is 0 Å². The van der Waals surface area contributed by atoms with E-state index in [1.807, 2.05) is 6.07 Å². The highest BCUT2D eigenvalue weighted by atomic mass is 19.4. The number of nitrogens with zero attached hydrogens (tertiary/aromatic N) is 1. The fourth-order valence-electron chi connectivity index (χ4n) is 2.06. The number of anilines is 1. The fourth-order valence-corrected chi connectivity index (χ4v) is 2.06. The minimum atomic E-state index is -5.08. The highest BCUT2D eigenvalue weighted by Gasteiger charge is 2.39. The average molecular weight is 549 g/mol. The zero-order valence-corrected chi connectivity index (χ0v) is 17.7. The molecule has 0 aromatic carbocycles. The van der Waals surface area contributed by atoms with Crippen LogP contribution in [0, 0.1) is 5.92 Å². The van der Waals surface area contributed by atoms with Gasteiger partial charge < -0.3 is 30.9 Å². The van der Waals surface area contributed by atoms with Gasteiger partial charge in [0.1, 0.15) is 0 Å². The number of aliphatic carboxylic acids is 3. The Labute approximate surface area is 195 Å². The van der Waals surface area contributed by atoms with E-state index in [0.29, 0.717) is 5.92 Å². The van der Waals surface area contributed by atoms with E-state index in [1.54, 1.807) is 12.3 Å². The van der Waals surface area contributed by atoms with Gasteiger partial charge in [-0.25, -0.2) is 14.4 Å². The third-order valence-corrected chi connectivity index (χ3v) is 3.80. The van der Waals surface area contributed by atoms with Gasteiger partial charge in [0.2, 0.25) is 5.56 Å². The molecule has 0 atom stereocenters. The molecule has 1 aromatic rings. The molecule has 2 heterocycles. The van der Waals surface area contributed by atoms with Gasteiger partial charge in [-0.05, 0) is 31.4 Å². The number of alkyl halides is 9. The quantitative estimate of drug-likeness (QED) is 0.347. The van der Waals surface area contributed by atoms with Gasteiger partial charge >= 0.3 is 36.4 Å². The molecule has 1 aliphatic rings. The molecule has 2 rings (SSSR count). The number of halogens is 9. The molecule has 19 heteroatoms. The van der Waals surface area contributed by atoms with Crippen LogP contribution in [-0.4, -0.2) is 76.4 Å². The zero-order valence-electron chi connectivity index (χ0n) is 17.7. The minimum Gasteiger partial charge on any atom is -0.475 e. The number of pyridine rings is 1. The monoisotopic (exact) mass is 549 g/mol. The molecule has 10 nitrogen and oxygen atoms in total. The van der Waals surface area contributed by atoms with Crippen LogP contribution < -0.4 is 16.2 Å². The van der Waals surface area contributed by atoms with Crippen LogP contribution >= 0.6 is 0 Å². The number of rotatable bonds is 2. The summed E-state index contributed by atoms with van der Waals surface area (Å²) in [5, 5.41) is 21.4. The third kappa shape index (κ3) is 16.2. The predicted octanol–water partition coefficient (Wildman–Crippen LogP) is 2.45. The molecule has 6 N–H and O–H groups in total. The van der Waals surface area contributed by atoms with Crippen LogP contribution in [0.2, 0.25) is 0 Å². The lowest BCUT2D eigenvalue weighted by atomic mass is 9.97. The lowest BCUT2D eigenvalue weighted by molar-refractivity contribution is -0.193. The highest BCUT2D eigenvalue weighted by molar-refractivity contribution is 5.73. The zero-order chi connectivity index (χ0) is 28.9. The molecule has 0 saturated carbocycles. The van der Waals surface area contributed by atoms with E-state index in [4.69, 9.17) is 35.4 Å². The number of hydrogen-bond donors (Lipinski definition) is 5. The summed E-state index contributed by atoms with van der Waals surface area (Å²) in [5.41, 5.74) is 6.63. The van der Waals surface area contributed by atoms with Gasteiger partial charge in [-0.3, -0.25) is 4.79 Å². The SMILES string of the molecule is NCC1CCN(c2cc[nH]c(=O)c2)CC1.O=C(O)C(F)(F)F.O=C(O)C(F)(F)F.O=C(O)C(F)(F)F. The Bertz CT molecular complexity index is 834. The molecular formula is C17H20F9N3O7. The summed E-state index contributed by atoms with van der Waals surface area (Å²) >= 11 is 0. The van der Waals surface area contributed by atoms with E-state index >= 15 is 0 Å². The van der Waals surface area contributed by atoms with Gasteiger partial charge in [-0.1, -0.05) is 0 Å². The van der Waals surface area contributed by atoms with Crippen molar-refractivity contribution in [2.24, 2.45) is 11.7 Å². The first-order valence-corrected chi connectivity index (χ1v) is 9.17. The smallest absolute Gasteiger partial charge is 0.475 e. The number of aromatic nitrogens is 1. The Morgan fingerprint density at radius 3 is 1.44 bits per heavy atom. The lowest BCUT2D eigenvalue weighted by Crippen LogP contribution is -2.36. The number of hydrogen-bond acceptors (Lipinski definition) is 6. The summed E-state index contributed by atoms with van der Waals surface area (Å²) in [4.78, 5) is 42.7. The number of carboxylic acids is 3. The van der Waals surface area contributed by atoms with Crippen molar-refractivity contribution in [3.05, 3.63) is 28.7 Å². The summed E-state index contributed by atoms with van der Waals surface area (Å²) in [6, 6.07) is 3.60. The Morgan fingerprint density at radius 2 is 1.19 bits per heavy atom. The van der Waals surface area contributed by atoms with E-state index in [1.165, 1.54) is 0 Å². The van der Waals surface area contributed by atoms with Crippen LogP contribution in [-0.2, 0) is 14.4 Å². The van der Waals surface area contributed by atoms with Crippen LogP contribution in [0.4, 0.5) is 45.2 Å². The van der Waals surface area contributed by atoms with Gasteiger partial charge in [-0.15, -0.1) is 0 Å². The molecule has 1 aliphatic heterocycles. The van der Waals surface area contributed by atoms with Crippen LogP contribution in [0.25, 0.3) is 0 Å². The highest BCUT2D eigenvalue weighted by Crippen LogP contribution is 2.21. The number of piperidine rings is 1. The molecule has 1 saturated heterocycles. The molecule has 1 fully saturated rings. The second-order valence-electron chi connectivity index (χ2n) is 6.49. The second kappa shape index (κ2) is 14.8. The molecule has 0 unspecified atom stereocenters. The Hall–Kier alpha value is -3.51. The average Bonchev–Trinajstić information content (AvgIpc) is 2.73. The molecule has 0 aliphatic carbocycles. The van der Waals surface area contributed by atoms with E-state index in [0.717, 1.165) is 38.2 Å². The maximum atomic E-state index is 11.2. The van der Waals surface area contributed by atoms with Crippen molar-refractivity contribution in [3.8, 4) is 0 Å². The molecule has 0 spiro atoms. The number of carbonyl (C=O) groups is 3. The molecule has 0 bridgehead atoms. The van der Waals surface area contributed by atoms with Crippen molar-refractivity contribution in [2.75, 3.05) is 24.5 Å². The van der Waals surface area contributed by atoms with Crippen molar-refractivity contribution in [2.45, 2.75) is 31.4 Å². The first-order valence-electron chi connectivity index (χ1n) is 9.17. The maximum absolute atomic E-state index is 11.2. The first kappa shape index (κ1) is 34.7. The van der Waals surface area contributed by atoms with Crippen molar-refractivity contribution in [1.82, 2.24) is 4.98 Å². The van der Waals surface area contributed by atoms with Gasteiger partial charge in [0.25, 0.3) is 0 Å². The fraction of sp³-hybridized carbons (Fsp3) is 0.529. The van der Waals surface area contributed by atoms with Gasteiger partial charge in [0.15, 0.2) is 0 Å². The largest absolute Gasteiger partial charge is 0.490 e. The molecular weight excluding hydrogens is 529 g/mol. The van der Waals surface area contributed by atoms with Crippen molar-refractivity contribution >= 4 is 23.6 Å². The molecule has 1 aromatic heterocycles. The van der Waals surface area contributed by atoms with Crippen molar-refractivity contribution in [1.29, 1.82) is 0 Å². The van der Waals surface area contributed by atoms with E-state index in [9.17, 15) is 44.3 Å². The Kier molecular flexibility index (Phi) is 14.2.